The second-order valence-electron chi connectivity index (χ2n) is 4.35. The van der Waals surface area contributed by atoms with Crippen molar-refractivity contribution in [2.45, 2.75) is 6.54 Å². The molecule has 0 bridgehead atoms. The smallest absolute Gasteiger partial charge is 0.242 e. The van der Waals surface area contributed by atoms with Crippen molar-refractivity contribution >= 4 is 21.6 Å². The molecule has 1 aromatic carbocycles. The molecule has 0 saturated heterocycles. The van der Waals surface area contributed by atoms with Gasteiger partial charge in [0.25, 0.3) is 0 Å². The normalized spacial score (nSPS) is 11.9. The van der Waals surface area contributed by atoms with Crippen LogP contribution in [0.1, 0.15) is 5.89 Å². The number of halogens is 1. The Morgan fingerprint density at radius 1 is 1.43 bits per heavy atom. The summed E-state index contributed by atoms with van der Waals surface area (Å²) in [5.74, 6) is 0.897. The second kappa shape index (κ2) is 6.00. The van der Waals surface area contributed by atoms with Crippen molar-refractivity contribution in [2.75, 3.05) is 20.4 Å². The number of para-hydroxylation sites is 1. The van der Waals surface area contributed by atoms with Crippen LogP contribution in [0.25, 0.3) is 11.4 Å². The number of hydrogen-bond donors (Lipinski definition) is 0. The van der Waals surface area contributed by atoms with E-state index in [2.05, 4.69) is 10.1 Å². The minimum Gasteiger partial charge on any atom is -0.494 e. The molecule has 0 aliphatic rings. The van der Waals surface area contributed by atoms with Crippen molar-refractivity contribution < 1.29 is 17.7 Å². The number of methoxy groups -OCH3 is 1. The van der Waals surface area contributed by atoms with Crippen LogP contribution in [-0.2, 0) is 16.6 Å². The first-order valence-corrected chi connectivity index (χ1v) is 8.12. The fourth-order valence-corrected chi connectivity index (χ4v) is 2.23. The third-order valence-corrected chi connectivity index (χ3v) is 4.36. The monoisotopic (exact) mass is 331 g/mol. The highest BCUT2D eigenvalue weighted by Crippen LogP contribution is 2.34. The summed E-state index contributed by atoms with van der Waals surface area (Å²) in [6, 6.07) is 5.15. The van der Waals surface area contributed by atoms with Crippen LogP contribution >= 0.6 is 11.6 Å². The van der Waals surface area contributed by atoms with Crippen LogP contribution in [0.5, 0.6) is 5.75 Å². The summed E-state index contributed by atoms with van der Waals surface area (Å²) in [5.41, 5.74) is 0.571. The largest absolute Gasteiger partial charge is 0.494 e. The van der Waals surface area contributed by atoms with Gasteiger partial charge in [0.2, 0.25) is 21.7 Å². The molecule has 0 atom stereocenters. The van der Waals surface area contributed by atoms with Gasteiger partial charge in [-0.2, -0.15) is 9.29 Å². The lowest BCUT2D eigenvalue weighted by molar-refractivity contribution is 0.337. The maximum Gasteiger partial charge on any atom is 0.242 e. The molecule has 0 radical (unpaired) electrons. The van der Waals surface area contributed by atoms with Gasteiger partial charge in [0.1, 0.15) is 5.75 Å². The predicted octanol–water partition coefficient (Wildman–Crippen LogP) is 1.79. The zero-order valence-electron chi connectivity index (χ0n) is 11.7. The molecule has 0 saturated carbocycles. The molecule has 0 aliphatic heterocycles. The highest BCUT2D eigenvalue weighted by atomic mass is 35.5. The maximum atomic E-state index is 11.4. The Labute approximate surface area is 127 Å². The molecule has 0 spiro atoms. The van der Waals surface area contributed by atoms with E-state index in [1.807, 2.05) is 0 Å². The van der Waals surface area contributed by atoms with Crippen molar-refractivity contribution in [3.05, 3.63) is 29.1 Å². The highest BCUT2D eigenvalue weighted by molar-refractivity contribution is 7.88. The quantitative estimate of drug-likeness (QED) is 0.830. The first-order chi connectivity index (χ1) is 9.82. The van der Waals surface area contributed by atoms with Crippen molar-refractivity contribution in [3.8, 4) is 17.1 Å². The summed E-state index contributed by atoms with van der Waals surface area (Å²) in [4.78, 5) is 4.16. The second-order valence-corrected chi connectivity index (χ2v) is 6.85. The van der Waals surface area contributed by atoms with Gasteiger partial charge < -0.3 is 9.26 Å². The lowest BCUT2D eigenvalue weighted by Crippen LogP contribution is -2.25. The minimum absolute atomic E-state index is 0.00524. The van der Waals surface area contributed by atoms with Gasteiger partial charge in [-0.3, -0.25) is 0 Å². The van der Waals surface area contributed by atoms with Crippen LogP contribution in [0.4, 0.5) is 0 Å². The van der Waals surface area contributed by atoms with Gasteiger partial charge in [-0.05, 0) is 12.1 Å². The third-order valence-electron chi connectivity index (χ3n) is 2.80. The van der Waals surface area contributed by atoms with E-state index in [0.717, 1.165) is 10.6 Å². The third kappa shape index (κ3) is 3.52. The van der Waals surface area contributed by atoms with Crippen LogP contribution in [-0.4, -0.2) is 43.3 Å². The summed E-state index contributed by atoms with van der Waals surface area (Å²) >= 11 is 6.03. The number of benzene rings is 1. The molecule has 114 valence electrons. The molecule has 2 aromatic rings. The van der Waals surface area contributed by atoms with Gasteiger partial charge >= 0.3 is 0 Å². The highest BCUT2D eigenvalue weighted by Gasteiger charge is 2.18. The molecule has 0 amide bonds. The van der Waals surface area contributed by atoms with Gasteiger partial charge in [0.15, 0.2) is 0 Å². The Morgan fingerprint density at radius 3 is 2.76 bits per heavy atom. The van der Waals surface area contributed by atoms with Crippen molar-refractivity contribution in [1.82, 2.24) is 14.4 Å². The minimum atomic E-state index is -3.32. The van der Waals surface area contributed by atoms with E-state index >= 15 is 0 Å². The lowest BCUT2D eigenvalue weighted by atomic mass is 10.2. The molecule has 0 unspecified atom stereocenters. The molecular formula is C12H14ClN3O4S. The van der Waals surface area contributed by atoms with Gasteiger partial charge in [0, 0.05) is 7.05 Å². The molecule has 21 heavy (non-hydrogen) atoms. The fraction of sp³-hybridized carbons (Fsp3) is 0.333. The summed E-state index contributed by atoms with van der Waals surface area (Å²) < 4.78 is 34.1. The maximum absolute atomic E-state index is 11.4. The number of sulfonamides is 1. The molecule has 2 rings (SSSR count). The van der Waals surface area contributed by atoms with Crippen LogP contribution in [0.3, 0.4) is 0 Å². The van der Waals surface area contributed by atoms with E-state index < -0.39 is 10.0 Å². The standard InChI is InChI=1S/C12H14ClN3O4S/c1-16(21(3,17)18)7-10-14-12(15-20-10)8-5-4-6-9(13)11(8)19-2/h4-6H,7H2,1-3H3. The van der Waals surface area contributed by atoms with Crippen LogP contribution in [0.2, 0.25) is 5.02 Å². The lowest BCUT2D eigenvalue weighted by Gasteiger charge is -2.10. The molecule has 0 fully saturated rings. The van der Waals surface area contributed by atoms with Crippen LogP contribution in [0.15, 0.2) is 22.7 Å². The first-order valence-electron chi connectivity index (χ1n) is 5.89. The van der Waals surface area contributed by atoms with Crippen molar-refractivity contribution in [2.24, 2.45) is 0 Å². The Morgan fingerprint density at radius 2 is 2.14 bits per heavy atom. The number of hydrogen-bond acceptors (Lipinski definition) is 6. The zero-order chi connectivity index (χ0) is 15.6. The summed E-state index contributed by atoms with van der Waals surface area (Å²) in [6.45, 7) is -0.00524. The average molecular weight is 332 g/mol. The van der Waals surface area contributed by atoms with E-state index in [0.29, 0.717) is 16.3 Å². The van der Waals surface area contributed by atoms with Gasteiger partial charge in [-0.25, -0.2) is 8.42 Å². The SMILES string of the molecule is COc1c(Cl)cccc1-c1noc(CN(C)S(C)(=O)=O)n1. The van der Waals surface area contributed by atoms with E-state index in [-0.39, 0.29) is 18.3 Å². The van der Waals surface area contributed by atoms with Crippen LogP contribution < -0.4 is 4.74 Å². The van der Waals surface area contributed by atoms with E-state index in [9.17, 15) is 8.42 Å². The van der Waals surface area contributed by atoms with Crippen LogP contribution in [0, 0.1) is 0 Å². The van der Waals surface area contributed by atoms with Gasteiger partial charge in [-0.1, -0.05) is 22.8 Å². The molecule has 0 N–H and O–H groups in total. The van der Waals surface area contributed by atoms with Crippen molar-refractivity contribution in [3.63, 3.8) is 0 Å². The molecular weight excluding hydrogens is 318 g/mol. The van der Waals surface area contributed by atoms with Gasteiger partial charge in [-0.15, -0.1) is 0 Å². The Hall–Kier alpha value is -1.64. The summed E-state index contributed by atoms with van der Waals surface area (Å²) in [6.07, 6.45) is 1.10. The molecule has 7 nitrogen and oxygen atoms in total. The number of ether oxygens (including phenoxy) is 1. The number of aromatic nitrogens is 2. The summed E-state index contributed by atoms with van der Waals surface area (Å²) in [7, 11) is -0.397. The van der Waals surface area contributed by atoms with E-state index in [4.69, 9.17) is 20.9 Å². The molecule has 1 aromatic heterocycles. The molecule has 1 heterocycles. The van der Waals surface area contributed by atoms with Crippen molar-refractivity contribution in [1.29, 1.82) is 0 Å². The molecule has 0 aliphatic carbocycles. The first kappa shape index (κ1) is 15.7. The zero-order valence-corrected chi connectivity index (χ0v) is 13.3. The van der Waals surface area contributed by atoms with Gasteiger partial charge in [0.05, 0.1) is 30.5 Å². The summed E-state index contributed by atoms with van der Waals surface area (Å²) in [5, 5.41) is 4.25. The topological polar surface area (TPSA) is 85.5 Å². The average Bonchev–Trinajstić information content (AvgIpc) is 2.85. The fourth-order valence-electron chi connectivity index (χ4n) is 1.63. The molecule has 9 heteroatoms. The Balaban J connectivity index is 2.31. The number of nitrogens with zero attached hydrogens (tertiary/aromatic N) is 3. The van der Waals surface area contributed by atoms with E-state index in [1.54, 1.807) is 18.2 Å². The Bertz CT molecular complexity index is 745. The van der Waals surface area contributed by atoms with E-state index in [1.165, 1.54) is 14.2 Å². The number of rotatable bonds is 5. The predicted molar refractivity (Wildman–Crippen MR) is 77.6 cm³/mol. The Kier molecular flexibility index (Phi) is 4.50.